The zero-order valence-corrected chi connectivity index (χ0v) is 13.6. The van der Waals surface area contributed by atoms with Gasteiger partial charge in [-0.15, -0.1) is 0 Å². The number of carbonyl (C=O) groups is 2. The van der Waals surface area contributed by atoms with Gasteiger partial charge in [0.15, 0.2) is 0 Å². The van der Waals surface area contributed by atoms with Crippen molar-refractivity contribution in [3.63, 3.8) is 0 Å². The van der Waals surface area contributed by atoms with Crippen molar-refractivity contribution in [1.29, 1.82) is 0 Å². The summed E-state index contributed by atoms with van der Waals surface area (Å²) in [6.45, 7) is 0. The highest BCUT2D eigenvalue weighted by Gasteiger charge is 2.63. The average molecular weight is 367 g/mol. The van der Waals surface area contributed by atoms with Gasteiger partial charge in [-0.25, -0.2) is 4.79 Å². The number of amides is 1. The molecule has 2 rings (SSSR count). The number of hydrogen-bond acceptors (Lipinski definition) is 5. The summed E-state index contributed by atoms with van der Waals surface area (Å²) in [5.74, 6) is -2.83. The van der Waals surface area contributed by atoms with Gasteiger partial charge in [-0.1, -0.05) is 36.4 Å². The Balaban J connectivity index is 2.36. The SMILES string of the molecule is COC(=O)[C@](NNc1ccccc1)(NC(=O)c1ccccc1)C(F)(F)F. The van der Waals surface area contributed by atoms with Crippen molar-refractivity contribution >= 4 is 17.6 Å². The molecule has 9 heteroatoms. The summed E-state index contributed by atoms with van der Waals surface area (Å²) in [6, 6.07) is 15.0. The molecule has 0 radical (unpaired) electrons. The molecule has 0 aliphatic carbocycles. The first-order chi connectivity index (χ1) is 12.3. The van der Waals surface area contributed by atoms with E-state index in [-0.39, 0.29) is 11.3 Å². The molecule has 1 atom stereocenters. The molecule has 3 N–H and O–H groups in total. The van der Waals surface area contributed by atoms with E-state index in [1.165, 1.54) is 36.4 Å². The zero-order chi connectivity index (χ0) is 19.2. The lowest BCUT2D eigenvalue weighted by Crippen LogP contribution is -2.73. The Bertz CT molecular complexity index is 754. The number of anilines is 1. The molecule has 0 fully saturated rings. The number of benzene rings is 2. The molecule has 2 aromatic carbocycles. The van der Waals surface area contributed by atoms with E-state index in [2.05, 4.69) is 10.2 Å². The van der Waals surface area contributed by atoms with Crippen LogP contribution in [-0.2, 0) is 9.53 Å². The maximum atomic E-state index is 13.8. The zero-order valence-electron chi connectivity index (χ0n) is 13.6. The number of nitrogens with one attached hydrogen (secondary N) is 3. The van der Waals surface area contributed by atoms with Crippen LogP contribution in [0.15, 0.2) is 60.7 Å². The Morgan fingerprint density at radius 1 is 0.923 bits per heavy atom. The van der Waals surface area contributed by atoms with Crippen LogP contribution in [0, 0.1) is 0 Å². The number of para-hydroxylation sites is 1. The second-order valence-electron chi connectivity index (χ2n) is 5.18. The summed E-state index contributed by atoms with van der Waals surface area (Å²) in [5, 5.41) is 1.70. The molecule has 0 bridgehead atoms. The molecule has 6 nitrogen and oxygen atoms in total. The monoisotopic (exact) mass is 367 g/mol. The maximum Gasteiger partial charge on any atom is 0.438 e. The topological polar surface area (TPSA) is 79.5 Å². The van der Waals surface area contributed by atoms with Gasteiger partial charge in [0.05, 0.1) is 7.11 Å². The quantitative estimate of drug-likeness (QED) is 0.415. The molecule has 26 heavy (non-hydrogen) atoms. The molecule has 0 spiro atoms. The molecule has 0 heterocycles. The Morgan fingerprint density at radius 3 is 1.96 bits per heavy atom. The molecule has 1 amide bonds. The second-order valence-corrected chi connectivity index (χ2v) is 5.18. The second kappa shape index (κ2) is 7.87. The number of hydrogen-bond donors (Lipinski definition) is 3. The molecular formula is C17H16F3N3O3. The van der Waals surface area contributed by atoms with E-state index < -0.39 is 23.7 Å². The molecule has 0 saturated heterocycles. The van der Waals surface area contributed by atoms with Crippen molar-refractivity contribution in [2.24, 2.45) is 0 Å². The molecule has 0 saturated carbocycles. The van der Waals surface area contributed by atoms with Gasteiger partial charge in [-0.2, -0.15) is 18.6 Å². The van der Waals surface area contributed by atoms with Crippen LogP contribution in [0.25, 0.3) is 0 Å². The van der Waals surface area contributed by atoms with Crippen LogP contribution in [0.3, 0.4) is 0 Å². The Morgan fingerprint density at radius 2 is 1.46 bits per heavy atom. The van der Waals surface area contributed by atoms with Crippen molar-refractivity contribution in [3.8, 4) is 0 Å². The normalized spacial score (nSPS) is 13.4. The van der Waals surface area contributed by atoms with Gasteiger partial charge in [-0.05, 0) is 24.3 Å². The Labute approximate surface area is 147 Å². The van der Waals surface area contributed by atoms with E-state index in [1.54, 1.807) is 29.6 Å². The van der Waals surface area contributed by atoms with Crippen molar-refractivity contribution in [1.82, 2.24) is 10.7 Å². The van der Waals surface area contributed by atoms with Gasteiger partial charge < -0.3 is 15.5 Å². The molecule has 0 aliphatic heterocycles. The van der Waals surface area contributed by atoms with E-state index in [0.717, 1.165) is 7.11 Å². The Kier molecular flexibility index (Phi) is 5.83. The third kappa shape index (κ3) is 4.12. The maximum absolute atomic E-state index is 13.8. The van der Waals surface area contributed by atoms with Crippen LogP contribution in [-0.4, -0.2) is 30.8 Å². The predicted octanol–water partition coefficient (Wildman–Crippen LogP) is 2.46. The number of alkyl halides is 3. The fourth-order valence-electron chi connectivity index (χ4n) is 2.06. The molecular weight excluding hydrogens is 351 g/mol. The number of rotatable bonds is 6. The van der Waals surface area contributed by atoms with Crippen LogP contribution in [0.1, 0.15) is 10.4 Å². The van der Waals surface area contributed by atoms with Crippen LogP contribution in [0.2, 0.25) is 0 Å². The minimum Gasteiger partial charge on any atom is -0.466 e. The average Bonchev–Trinajstić information content (AvgIpc) is 2.64. The standard InChI is InChI=1S/C17H16F3N3O3/c1-26-15(25)16(17(18,19)20,23-22-13-10-6-3-7-11-13)21-14(24)12-8-4-2-5-9-12/h2-11,22-23H,1H3,(H,21,24)/t16-/m1/s1. The largest absolute Gasteiger partial charge is 0.466 e. The van der Waals surface area contributed by atoms with Gasteiger partial charge in [-0.3, -0.25) is 4.79 Å². The summed E-state index contributed by atoms with van der Waals surface area (Å²) in [5.41, 5.74) is 0.842. The summed E-state index contributed by atoms with van der Waals surface area (Å²) >= 11 is 0. The third-order valence-electron chi connectivity index (χ3n) is 3.42. The lowest BCUT2D eigenvalue weighted by Gasteiger charge is -2.34. The van der Waals surface area contributed by atoms with Gasteiger partial charge >= 0.3 is 17.8 Å². The van der Waals surface area contributed by atoms with Gasteiger partial charge in [0.25, 0.3) is 5.91 Å². The van der Waals surface area contributed by atoms with Crippen LogP contribution >= 0.6 is 0 Å². The summed E-state index contributed by atoms with van der Waals surface area (Å²) in [4.78, 5) is 24.3. The van der Waals surface area contributed by atoms with Crippen molar-refractivity contribution in [2.75, 3.05) is 12.5 Å². The van der Waals surface area contributed by atoms with E-state index >= 15 is 0 Å². The third-order valence-corrected chi connectivity index (χ3v) is 3.42. The van der Waals surface area contributed by atoms with Crippen LogP contribution in [0.5, 0.6) is 0 Å². The number of carbonyl (C=O) groups excluding carboxylic acids is 2. The van der Waals surface area contributed by atoms with Gasteiger partial charge in [0.1, 0.15) is 0 Å². The fraction of sp³-hybridized carbons (Fsp3) is 0.176. The summed E-state index contributed by atoms with van der Waals surface area (Å²) in [7, 11) is 0.793. The number of halogens is 3. The van der Waals surface area contributed by atoms with Gasteiger partial charge in [0.2, 0.25) is 0 Å². The summed E-state index contributed by atoms with van der Waals surface area (Å²) in [6.07, 6.45) is -5.20. The first-order valence-electron chi connectivity index (χ1n) is 7.41. The number of esters is 1. The fourth-order valence-corrected chi connectivity index (χ4v) is 2.06. The van der Waals surface area contributed by atoms with E-state index in [1.807, 2.05) is 5.43 Å². The minimum absolute atomic E-state index is 0.0495. The number of hydrazine groups is 1. The molecule has 0 aromatic heterocycles. The highest BCUT2D eigenvalue weighted by molar-refractivity contribution is 5.98. The summed E-state index contributed by atoms with van der Waals surface area (Å²) < 4.78 is 45.6. The lowest BCUT2D eigenvalue weighted by atomic mass is 10.1. The molecule has 138 valence electrons. The molecule has 2 aromatic rings. The minimum atomic E-state index is -5.20. The van der Waals surface area contributed by atoms with E-state index in [0.29, 0.717) is 0 Å². The predicted molar refractivity (Wildman–Crippen MR) is 87.9 cm³/mol. The van der Waals surface area contributed by atoms with Crippen molar-refractivity contribution in [3.05, 3.63) is 66.2 Å². The highest BCUT2D eigenvalue weighted by atomic mass is 19.4. The van der Waals surface area contributed by atoms with Crippen LogP contribution in [0.4, 0.5) is 18.9 Å². The van der Waals surface area contributed by atoms with E-state index in [4.69, 9.17) is 0 Å². The smallest absolute Gasteiger partial charge is 0.438 e. The van der Waals surface area contributed by atoms with Crippen LogP contribution < -0.4 is 16.2 Å². The van der Waals surface area contributed by atoms with E-state index in [9.17, 15) is 22.8 Å². The number of ether oxygens (including phenoxy) is 1. The van der Waals surface area contributed by atoms with Gasteiger partial charge in [0, 0.05) is 11.3 Å². The first kappa shape index (κ1) is 19.3. The number of methoxy groups -OCH3 is 1. The van der Waals surface area contributed by atoms with Crippen molar-refractivity contribution in [2.45, 2.75) is 11.8 Å². The Hall–Kier alpha value is -3.07. The highest BCUT2D eigenvalue weighted by Crippen LogP contribution is 2.30. The molecule has 0 unspecified atom stereocenters. The molecule has 0 aliphatic rings. The lowest BCUT2D eigenvalue weighted by molar-refractivity contribution is -0.215. The van der Waals surface area contributed by atoms with Crippen molar-refractivity contribution < 1.29 is 27.5 Å². The first-order valence-corrected chi connectivity index (χ1v) is 7.41.